The molecule has 2 saturated heterocycles. The van der Waals surface area contributed by atoms with Gasteiger partial charge >= 0.3 is 6.18 Å². The van der Waals surface area contributed by atoms with Crippen LogP contribution in [0.25, 0.3) is 0 Å². The first-order valence-electron chi connectivity index (χ1n) is 6.82. The summed E-state index contributed by atoms with van der Waals surface area (Å²) in [5.74, 6) is 1.37. The van der Waals surface area contributed by atoms with Crippen molar-refractivity contribution in [2.45, 2.75) is 25.6 Å². The normalized spacial score (nSPS) is 28.8. The van der Waals surface area contributed by atoms with E-state index in [0.717, 1.165) is 31.8 Å². The molecule has 6 heteroatoms. The van der Waals surface area contributed by atoms with Crippen molar-refractivity contribution in [2.75, 3.05) is 24.5 Å². The van der Waals surface area contributed by atoms with Gasteiger partial charge in [0.2, 0.25) is 0 Å². The SMILES string of the molecule is CC1(C)C2CNCC2CN1c1cc(C(F)(F)F)ccn1. The van der Waals surface area contributed by atoms with Crippen molar-refractivity contribution in [1.29, 1.82) is 0 Å². The number of pyridine rings is 1. The highest BCUT2D eigenvalue weighted by atomic mass is 19.4. The first-order chi connectivity index (χ1) is 9.30. The van der Waals surface area contributed by atoms with Gasteiger partial charge in [0.1, 0.15) is 5.82 Å². The standard InChI is InChI=1S/C14H18F3N3/c1-13(2)11-7-18-6-9(11)8-20(13)12-5-10(3-4-19-12)14(15,16)17/h3-5,9,11,18H,6-8H2,1-2H3. The zero-order valence-electron chi connectivity index (χ0n) is 11.5. The van der Waals surface area contributed by atoms with Crippen LogP contribution < -0.4 is 10.2 Å². The number of halogens is 3. The molecule has 3 nitrogen and oxygen atoms in total. The maximum Gasteiger partial charge on any atom is 0.416 e. The molecule has 0 amide bonds. The molecule has 0 spiro atoms. The molecule has 0 bridgehead atoms. The minimum Gasteiger partial charge on any atom is -0.351 e. The third-order valence-electron chi connectivity index (χ3n) is 4.71. The van der Waals surface area contributed by atoms with Crippen LogP contribution in [0.2, 0.25) is 0 Å². The van der Waals surface area contributed by atoms with Gasteiger partial charge in [-0.15, -0.1) is 0 Å². The smallest absolute Gasteiger partial charge is 0.351 e. The van der Waals surface area contributed by atoms with E-state index in [-0.39, 0.29) is 5.54 Å². The second-order valence-electron chi connectivity index (χ2n) is 6.19. The summed E-state index contributed by atoms with van der Waals surface area (Å²) >= 11 is 0. The van der Waals surface area contributed by atoms with E-state index in [0.29, 0.717) is 17.7 Å². The fraction of sp³-hybridized carbons (Fsp3) is 0.643. The maximum absolute atomic E-state index is 12.8. The Kier molecular flexibility index (Phi) is 2.97. The number of nitrogens with zero attached hydrogens (tertiary/aromatic N) is 2. The highest BCUT2D eigenvalue weighted by Crippen LogP contribution is 2.43. The fourth-order valence-electron chi connectivity index (χ4n) is 3.55. The van der Waals surface area contributed by atoms with Gasteiger partial charge in [0.25, 0.3) is 0 Å². The molecule has 0 radical (unpaired) electrons. The Hall–Kier alpha value is -1.30. The number of hydrogen-bond donors (Lipinski definition) is 1. The lowest BCUT2D eigenvalue weighted by atomic mass is 9.85. The van der Waals surface area contributed by atoms with Crippen molar-refractivity contribution in [1.82, 2.24) is 10.3 Å². The molecule has 2 aliphatic rings. The van der Waals surface area contributed by atoms with Gasteiger partial charge < -0.3 is 10.2 Å². The van der Waals surface area contributed by atoms with Crippen molar-refractivity contribution in [3.8, 4) is 0 Å². The van der Waals surface area contributed by atoms with Crippen LogP contribution in [0.5, 0.6) is 0 Å². The van der Waals surface area contributed by atoms with E-state index in [2.05, 4.69) is 24.1 Å². The highest BCUT2D eigenvalue weighted by Gasteiger charge is 2.50. The van der Waals surface area contributed by atoms with Crippen LogP contribution in [-0.2, 0) is 6.18 Å². The molecule has 0 aromatic carbocycles. The van der Waals surface area contributed by atoms with Crippen molar-refractivity contribution < 1.29 is 13.2 Å². The van der Waals surface area contributed by atoms with E-state index in [9.17, 15) is 13.2 Å². The van der Waals surface area contributed by atoms with Gasteiger partial charge in [-0.05, 0) is 37.8 Å². The van der Waals surface area contributed by atoms with Gasteiger partial charge in [-0.1, -0.05) is 0 Å². The number of nitrogens with one attached hydrogen (secondary N) is 1. The molecule has 20 heavy (non-hydrogen) atoms. The lowest BCUT2D eigenvalue weighted by molar-refractivity contribution is -0.137. The summed E-state index contributed by atoms with van der Waals surface area (Å²) in [6, 6.07) is 2.19. The number of rotatable bonds is 1. The maximum atomic E-state index is 12.8. The molecule has 2 fully saturated rings. The van der Waals surface area contributed by atoms with Crippen LogP contribution in [0.4, 0.5) is 19.0 Å². The lowest BCUT2D eigenvalue weighted by Crippen LogP contribution is -2.45. The van der Waals surface area contributed by atoms with E-state index >= 15 is 0 Å². The quantitative estimate of drug-likeness (QED) is 0.859. The lowest BCUT2D eigenvalue weighted by Gasteiger charge is -2.36. The zero-order valence-corrected chi connectivity index (χ0v) is 11.5. The molecule has 2 aliphatic heterocycles. The third kappa shape index (κ3) is 2.06. The van der Waals surface area contributed by atoms with Crippen LogP contribution in [0, 0.1) is 11.8 Å². The predicted molar refractivity (Wildman–Crippen MR) is 70.5 cm³/mol. The average Bonchev–Trinajstić information content (AvgIpc) is 2.91. The van der Waals surface area contributed by atoms with Gasteiger partial charge in [0.15, 0.2) is 0 Å². The molecule has 2 unspecified atom stereocenters. The van der Waals surface area contributed by atoms with E-state index < -0.39 is 11.7 Å². The molecule has 0 aliphatic carbocycles. The third-order valence-corrected chi connectivity index (χ3v) is 4.71. The van der Waals surface area contributed by atoms with E-state index in [1.54, 1.807) is 0 Å². The van der Waals surface area contributed by atoms with Gasteiger partial charge in [0.05, 0.1) is 5.56 Å². The second kappa shape index (κ2) is 4.35. The Balaban J connectivity index is 1.94. The topological polar surface area (TPSA) is 28.2 Å². The van der Waals surface area contributed by atoms with E-state index in [4.69, 9.17) is 0 Å². The largest absolute Gasteiger partial charge is 0.416 e. The molecular weight excluding hydrogens is 267 g/mol. The monoisotopic (exact) mass is 285 g/mol. The summed E-state index contributed by atoms with van der Waals surface area (Å²) in [4.78, 5) is 6.19. The number of hydrogen-bond acceptors (Lipinski definition) is 3. The molecular formula is C14H18F3N3. The summed E-state index contributed by atoms with van der Waals surface area (Å²) in [7, 11) is 0. The van der Waals surface area contributed by atoms with Crippen LogP contribution in [0.1, 0.15) is 19.4 Å². The van der Waals surface area contributed by atoms with Crippen molar-refractivity contribution >= 4 is 5.82 Å². The summed E-state index contributed by atoms with van der Waals surface area (Å²) < 4.78 is 38.5. The second-order valence-corrected chi connectivity index (χ2v) is 6.19. The molecule has 3 rings (SSSR count). The number of alkyl halides is 3. The molecule has 110 valence electrons. The molecule has 1 aromatic heterocycles. The summed E-state index contributed by atoms with van der Waals surface area (Å²) in [5.41, 5.74) is -0.806. The Labute approximate surface area is 116 Å². The highest BCUT2D eigenvalue weighted by molar-refractivity contribution is 5.47. The first-order valence-corrected chi connectivity index (χ1v) is 6.82. The summed E-state index contributed by atoms with van der Waals surface area (Å²) in [5, 5.41) is 3.36. The Morgan fingerprint density at radius 1 is 1.35 bits per heavy atom. The molecule has 3 heterocycles. The number of fused-ring (bicyclic) bond motifs is 1. The van der Waals surface area contributed by atoms with Crippen LogP contribution in [-0.4, -0.2) is 30.2 Å². The number of aromatic nitrogens is 1. The molecule has 2 atom stereocenters. The summed E-state index contributed by atoms with van der Waals surface area (Å²) in [6.07, 6.45) is -3.07. The fourth-order valence-corrected chi connectivity index (χ4v) is 3.55. The molecule has 1 N–H and O–H groups in total. The van der Waals surface area contributed by atoms with Crippen molar-refractivity contribution in [2.24, 2.45) is 11.8 Å². The molecule has 0 saturated carbocycles. The Morgan fingerprint density at radius 3 is 2.75 bits per heavy atom. The van der Waals surface area contributed by atoms with Crippen molar-refractivity contribution in [3.63, 3.8) is 0 Å². The van der Waals surface area contributed by atoms with Crippen molar-refractivity contribution in [3.05, 3.63) is 23.9 Å². The summed E-state index contributed by atoms with van der Waals surface area (Å²) in [6.45, 7) is 6.80. The minimum atomic E-state index is -4.32. The van der Waals surface area contributed by atoms with E-state index in [1.165, 1.54) is 6.20 Å². The number of anilines is 1. The van der Waals surface area contributed by atoms with Gasteiger partial charge in [-0.25, -0.2) is 4.98 Å². The van der Waals surface area contributed by atoms with Gasteiger partial charge in [-0.2, -0.15) is 13.2 Å². The Bertz CT molecular complexity index is 513. The van der Waals surface area contributed by atoms with Gasteiger partial charge in [-0.3, -0.25) is 0 Å². The van der Waals surface area contributed by atoms with Crippen LogP contribution in [0.3, 0.4) is 0 Å². The average molecular weight is 285 g/mol. The zero-order chi connectivity index (χ0) is 14.5. The first kappa shape index (κ1) is 13.7. The predicted octanol–water partition coefficient (Wildman–Crippen LogP) is 2.53. The Morgan fingerprint density at radius 2 is 2.10 bits per heavy atom. The molecule has 1 aromatic rings. The van der Waals surface area contributed by atoms with E-state index in [1.807, 2.05) is 4.90 Å². The minimum absolute atomic E-state index is 0.175. The van der Waals surface area contributed by atoms with Crippen LogP contribution >= 0.6 is 0 Å². The van der Waals surface area contributed by atoms with Crippen LogP contribution in [0.15, 0.2) is 18.3 Å². The van der Waals surface area contributed by atoms with Gasteiger partial charge in [0, 0.05) is 31.4 Å².